The first-order valence-corrected chi connectivity index (χ1v) is 9.89. The minimum absolute atomic E-state index is 0.0309. The number of carbonyl (C=O) groups is 4. The number of carbonyl (C=O) groups excluding carboxylic acids is 4. The van der Waals surface area contributed by atoms with Crippen LogP contribution in [0.25, 0.3) is 0 Å². The number of ether oxygens (including phenoxy) is 1. The predicted molar refractivity (Wildman–Crippen MR) is 108 cm³/mol. The predicted octanol–water partition coefficient (Wildman–Crippen LogP) is 2.33. The second-order valence-corrected chi connectivity index (χ2v) is 7.56. The summed E-state index contributed by atoms with van der Waals surface area (Å²) in [6, 6.07) is 6.91. The molecule has 0 aliphatic carbocycles. The third-order valence-electron chi connectivity index (χ3n) is 4.85. The van der Waals surface area contributed by atoms with Crippen molar-refractivity contribution in [3.05, 3.63) is 29.8 Å². The number of anilines is 1. The Morgan fingerprint density at radius 3 is 2.55 bits per heavy atom. The van der Waals surface area contributed by atoms with E-state index >= 15 is 0 Å². The van der Waals surface area contributed by atoms with Crippen molar-refractivity contribution >= 4 is 29.5 Å². The number of nitrogens with zero attached hydrogens (tertiary/aromatic N) is 1. The summed E-state index contributed by atoms with van der Waals surface area (Å²) in [5, 5.41) is 4.59. The number of hydrogen-bond donors (Lipinski definition) is 2. The normalized spacial score (nSPS) is 17.2. The van der Waals surface area contributed by atoms with Gasteiger partial charge in [-0.05, 0) is 37.8 Å². The van der Waals surface area contributed by atoms with E-state index in [-0.39, 0.29) is 30.8 Å². The highest BCUT2D eigenvalue weighted by Gasteiger charge is 2.37. The van der Waals surface area contributed by atoms with Crippen molar-refractivity contribution in [3.63, 3.8) is 0 Å². The van der Waals surface area contributed by atoms with Gasteiger partial charge >= 0.3 is 12.0 Å². The smallest absolute Gasteiger partial charge is 0.321 e. The monoisotopic (exact) mass is 403 g/mol. The zero-order valence-corrected chi connectivity index (χ0v) is 17.4. The lowest BCUT2D eigenvalue weighted by Crippen LogP contribution is -2.44. The van der Waals surface area contributed by atoms with Crippen molar-refractivity contribution < 1.29 is 23.9 Å². The molecule has 0 aromatic heterocycles. The molecule has 0 spiro atoms. The molecule has 2 N–H and O–H groups in total. The van der Waals surface area contributed by atoms with Gasteiger partial charge in [0.1, 0.15) is 0 Å². The van der Waals surface area contributed by atoms with Gasteiger partial charge in [-0.15, -0.1) is 0 Å². The van der Waals surface area contributed by atoms with E-state index in [9.17, 15) is 19.2 Å². The molecule has 2 atom stereocenters. The molecule has 0 saturated carbocycles. The molecule has 1 fully saturated rings. The number of esters is 1. The molecule has 1 aromatic rings. The van der Waals surface area contributed by atoms with Crippen LogP contribution in [0.4, 0.5) is 10.5 Å². The van der Waals surface area contributed by atoms with E-state index in [1.807, 2.05) is 24.3 Å². The van der Waals surface area contributed by atoms with Crippen molar-refractivity contribution in [2.24, 2.45) is 5.92 Å². The molecular weight excluding hydrogens is 374 g/mol. The SMILES string of the molecule is CC[C@H](C)c1ccccc1N1C[C@H](C(=O)OCC(=O)NC(=O)NC(C)C)CC1=O. The summed E-state index contributed by atoms with van der Waals surface area (Å²) in [5.74, 6) is -1.86. The van der Waals surface area contributed by atoms with Gasteiger partial charge in [0.25, 0.3) is 5.91 Å². The Kier molecular flexibility index (Phi) is 7.75. The Hall–Kier alpha value is -2.90. The fourth-order valence-electron chi connectivity index (χ4n) is 3.18. The molecule has 1 aliphatic heterocycles. The van der Waals surface area contributed by atoms with E-state index in [1.165, 1.54) is 0 Å². The van der Waals surface area contributed by atoms with Crippen molar-refractivity contribution in [1.82, 2.24) is 10.6 Å². The van der Waals surface area contributed by atoms with Crippen LogP contribution in [0, 0.1) is 5.92 Å². The standard InChI is InChI=1S/C21H29N3O5/c1-5-14(4)16-8-6-7-9-17(16)24-11-15(10-19(24)26)20(27)29-12-18(25)23-21(28)22-13(2)3/h6-9,13-15H,5,10-12H2,1-4H3,(H2,22,23,25,28)/t14-,15+/m0/s1. The van der Waals surface area contributed by atoms with Crippen LogP contribution in [0.3, 0.4) is 0 Å². The highest BCUT2D eigenvalue weighted by molar-refractivity contribution is 6.00. The zero-order valence-electron chi connectivity index (χ0n) is 17.4. The summed E-state index contributed by atoms with van der Waals surface area (Å²) in [4.78, 5) is 49.7. The average molecular weight is 403 g/mol. The Morgan fingerprint density at radius 1 is 1.21 bits per heavy atom. The first-order valence-electron chi connectivity index (χ1n) is 9.89. The highest BCUT2D eigenvalue weighted by atomic mass is 16.5. The van der Waals surface area contributed by atoms with Crippen molar-refractivity contribution in [1.29, 1.82) is 0 Å². The van der Waals surface area contributed by atoms with E-state index in [0.717, 1.165) is 17.7 Å². The molecule has 1 heterocycles. The second kappa shape index (κ2) is 10.0. The van der Waals surface area contributed by atoms with Crippen molar-refractivity contribution in [2.75, 3.05) is 18.1 Å². The Balaban J connectivity index is 1.94. The Labute approximate surface area is 171 Å². The fourth-order valence-corrected chi connectivity index (χ4v) is 3.18. The lowest BCUT2D eigenvalue weighted by atomic mass is 9.96. The molecule has 1 saturated heterocycles. The maximum absolute atomic E-state index is 12.5. The third-order valence-corrected chi connectivity index (χ3v) is 4.85. The minimum atomic E-state index is -0.722. The summed E-state index contributed by atoms with van der Waals surface area (Å²) >= 11 is 0. The van der Waals surface area contributed by atoms with Gasteiger partial charge in [-0.2, -0.15) is 0 Å². The molecule has 158 valence electrons. The van der Waals surface area contributed by atoms with Crippen LogP contribution in [-0.4, -0.2) is 43.0 Å². The van der Waals surface area contributed by atoms with Gasteiger partial charge in [-0.3, -0.25) is 19.7 Å². The summed E-state index contributed by atoms with van der Waals surface area (Å²) in [6.45, 7) is 7.33. The zero-order chi connectivity index (χ0) is 21.6. The van der Waals surface area contributed by atoms with Crippen LogP contribution in [0.1, 0.15) is 52.0 Å². The lowest BCUT2D eigenvalue weighted by Gasteiger charge is -2.23. The van der Waals surface area contributed by atoms with E-state index in [0.29, 0.717) is 0 Å². The molecule has 0 unspecified atom stereocenters. The van der Waals surface area contributed by atoms with Gasteiger partial charge in [-0.25, -0.2) is 4.79 Å². The molecule has 1 aliphatic rings. The second-order valence-electron chi connectivity index (χ2n) is 7.56. The first kappa shape index (κ1) is 22.4. The van der Waals surface area contributed by atoms with E-state index in [4.69, 9.17) is 4.74 Å². The van der Waals surface area contributed by atoms with Crippen LogP contribution in [0.15, 0.2) is 24.3 Å². The first-order chi connectivity index (χ1) is 13.7. The van der Waals surface area contributed by atoms with E-state index < -0.39 is 30.4 Å². The average Bonchev–Trinajstić information content (AvgIpc) is 3.06. The van der Waals surface area contributed by atoms with Crippen LogP contribution < -0.4 is 15.5 Å². The molecule has 2 rings (SSSR count). The number of rotatable bonds is 7. The summed E-state index contributed by atoms with van der Waals surface area (Å²) in [7, 11) is 0. The number of urea groups is 1. The van der Waals surface area contributed by atoms with Gasteiger partial charge in [0.2, 0.25) is 5.91 Å². The highest BCUT2D eigenvalue weighted by Crippen LogP contribution is 2.33. The van der Waals surface area contributed by atoms with Crippen LogP contribution in [0.5, 0.6) is 0 Å². The third kappa shape index (κ3) is 6.04. The number of benzene rings is 1. The van der Waals surface area contributed by atoms with Gasteiger partial charge in [-0.1, -0.05) is 32.0 Å². The van der Waals surface area contributed by atoms with Crippen molar-refractivity contribution in [2.45, 2.75) is 52.5 Å². The van der Waals surface area contributed by atoms with E-state index in [2.05, 4.69) is 24.5 Å². The minimum Gasteiger partial charge on any atom is -0.455 e. The maximum Gasteiger partial charge on any atom is 0.321 e. The summed E-state index contributed by atoms with van der Waals surface area (Å²) < 4.78 is 5.02. The maximum atomic E-state index is 12.5. The summed E-state index contributed by atoms with van der Waals surface area (Å²) in [6.07, 6.45) is 0.965. The number of imide groups is 1. The van der Waals surface area contributed by atoms with Crippen LogP contribution in [-0.2, 0) is 19.1 Å². The molecule has 0 bridgehead atoms. The number of hydrogen-bond acceptors (Lipinski definition) is 5. The van der Waals surface area contributed by atoms with Crippen molar-refractivity contribution in [3.8, 4) is 0 Å². The van der Waals surface area contributed by atoms with Gasteiger partial charge in [0.05, 0.1) is 5.92 Å². The molecule has 0 radical (unpaired) electrons. The fraction of sp³-hybridized carbons (Fsp3) is 0.524. The van der Waals surface area contributed by atoms with E-state index in [1.54, 1.807) is 18.7 Å². The molecule has 4 amide bonds. The van der Waals surface area contributed by atoms with Crippen LogP contribution in [0.2, 0.25) is 0 Å². The van der Waals surface area contributed by atoms with Crippen LogP contribution >= 0.6 is 0 Å². The van der Waals surface area contributed by atoms with Gasteiger partial charge in [0.15, 0.2) is 6.61 Å². The summed E-state index contributed by atoms with van der Waals surface area (Å²) in [5.41, 5.74) is 1.87. The largest absolute Gasteiger partial charge is 0.455 e. The van der Waals surface area contributed by atoms with Gasteiger partial charge < -0.3 is 15.0 Å². The topological polar surface area (TPSA) is 105 Å². The number of nitrogens with one attached hydrogen (secondary N) is 2. The number of amides is 4. The molecular formula is C21H29N3O5. The molecule has 1 aromatic carbocycles. The molecule has 29 heavy (non-hydrogen) atoms. The quantitative estimate of drug-likeness (QED) is 0.680. The molecule has 8 heteroatoms. The number of para-hydroxylation sites is 1. The lowest BCUT2D eigenvalue weighted by molar-refractivity contribution is -0.152. The Bertz CT molecular complexity index is 777. The Morgan fingerprint density at radius 2 is 1.90 bits per heavy atom. The van der Waals surface area contributed by atoms with Gasteiger partial charge in [0, 0.05) is 24.7 Å². The molecule has 8 nitrogen and oxygen atoms in total.